The van der Waals surface area contributed by atoms with E-state index in [0.717, 1.165) is 42.7 Å². The second-order valence-corrected chi connectivity index (χ2v) is 4.61. The molecule has 0 fully saturated rings. The normalized spacial score (nSPS) is 10.9. The van der Waals surface area contributed by atoms with E-state index in [0.29, 0.717) is 0 Å². The molecule has 0 atom stereocenters. The van der Waals surface area contributed by atoms with Gasteiger partial charge < -0.3 is 9.73 Å². The lowest BCUT2D eigenvalue weighted by atomic mass is 10.3. The number of nitrogens with zero attached hydrogens (tertiary/aromatic N) is 3. The molecule has 0 saturated heterocycles. The Morgan fingerprint density at radius 1 is 1.21 bits per heavy atom. The van der Waals surface area contributed by atoms with Gasteiger partial charge in [-0.15, -0.1) is 0 Å². The van der Waals surface area contributed by atoms with E-state index < -0.39 is 0 Å². The summed E-state index contributed by atoms with van der Waals surface area (Å²) < 4.78 is 5.56. The highest BCUT2D eigenvalue weighted by Crippen LogP contribution is 2.10. The fourth-order valence-electron chi connectivity index (χ4n) is 1.88. The first-order chi connectivity index (χ1) is 9.17. The van der Waals surface area contributed by atoms with Crippen molar-refractivity contribution in [2.24, 2.45) is 0 Å². The molecular weight excluding hydrogens is 240 g/mol. The molecule has 0 spiro atoms. The minimum Gasteiger partial charge on any atom is -0.465 e. The van der Waals surface area contributed by atoms with Gasteiger partial charge in [0.25, 0.3) is 0 Å². The number of nitrogens with one attached hydrogen (secondary N) is 1. The van der Waals surface area contributed by atoms with Gasteiger partial charge in [-0.1, -0.05) is 0 Å². The standard InChI is InChI=1S/C14H20N4O/c1-4-15-14-8-16-12(7-17-14)9-18(3)10-13-6-5-11(2)19-13/h5-8H,4,9-10H2,1-3H3,(H,15,17). The molecule has 19 heavy (non-hydrogen) atoms. The Labute approximate surface area is 113 Å². The summed E-state index contributed by atoms with van der Waals surface area (Å²) in [6.07, 6.45) is 3.57. The van der Waals surface area contributed by atoms with Crippen molar-refractivity contribution in [2.75, 3.05) is 18.9 Å². The molecule has 0 saturated carbocycles. The minimum absolute atomic E-state index is 0.749. The summed E-state index contributed by atoms with van der Waals surface area (Å²) in [4.78, 5) is 10.8. The SMILES string of the molecule is CCNc1cnc(CN(C)Cc2ccc(C)o2)cn1. The van der Waals surface area contributed by atoms with Gasteiger partial charge in [-0.05, 0) is 33.0 Å². The number of hydrogen-bond donors (Lipinski definition) is 1. The summed E-state index contributed by atoms with van der Waals surface area (Å²) in [5.74, 6) is 2.73. The van der Waals surface area contributed by atoms with Gasteiger partial charge in [0.2, 0.25) is 0 Å². The molecule has 0 radical (unpaired) electrons. The van der Waals surface area contributed by atoms with Crippen LogP contribution in [0.5, 0.6) is 0 Å². The maximum atomic E-state index is 5.56. The van der Waals surface area contributed by atoms with Crippen LogP contribution in [0.15, 0.2) is 28.9 Å². The molecule has 2 aromatic rings. The van der Waals surface area contributed by atoms with Crippen molar-refractivity contribution in [3.05, 3.63) is 41.7 Å². The van der Waals surface area contributed by atoms with E-state index >= 15 is 0 Å². The molecule has 2 heterocycles. The third kappa shape index (κ3) is 4.06. The summed E-state index contributed by atoms with van der Waals surface area (Å²) in [5, 5.41) is 3.13. The lowest BCUT2D eigenvalue weighted by Crippen LogP contribution is -2.18. The van der Waals surface area contributed by atoms with Gasteiger partial charge in [-0.25, -0.2) is 4.98 Å². The van der Waals surface area contributed by atoms with Crippen LogP contribution in [-0.4, -0.2) is 28.5 Å². The van der Waals surface area contributed by atoms with Crippen LogP contribution in [-0.2, 0) is 13.1 Å². The van der Waals surface area contributed by atoms with E-state index in [-0.39, 0.29) is 0 Å². The van der Waals surface area contributed by atoms with E-state index in [1.54, 1.807) is 6.20 Å². The van der Waals surface area contributed by atoms with Gasteiger partial charge in [0, 0.05) is 13.1 Å². The van der Waals surface area contributed by atoms with E-state index in [1.165, 1.54) is 0 Å². The summed E-state index contributed by atoms with van der Waals surface area (Å²) in [6.45, 7) is 6.36. The van der Waals surface area contributed by atoms with Gasteiger partial charge in [0.1, 0.15) is 17.3 Å². The highest BCUT2D eigenvalue weighted by molar-refractivity contribution is 5.30. The number of aryl methyl sites for hydroxylation is 1. The first kappa shape index (κ1) is 13.5. The van der Waals surface area contributed by atoms with Crippen LogP contribution in [0.1, 0.15) is 24.1 Å². The Bertz CT molecular complexity index is 506. The van der Waals surface area contributed by atoms with Gasteiger partial charge in [0.15, 0.2) is 0 Å². The van der Waals surface area contributed by atoms with Crippen LogP contribution in [0.25, 0.3) is 0 Å². The fourth-order valence-corrected chi connectivity index (χ4v) is 1.88. The molecule has 0 bridgehead atoms. The Morgan fingerprint density at radius 3 is 2.63 bits per heavy atom. The molecule has 5 nitrogen and oxygen atoms in total. The Morgan fingerprint density at radius 2 is 2.05 bits per heavy atom. The molecule has 102 valence electrons. The Kier molecular flexibility index (Phi) is 4.52. The van der Waals surface area contributed by atoms with Crippen LogP contribution < -0.4 is 5.32 Å². The Hall–Kier alpha value is -1.88. The molecule has 0 unspecified atom stereocenters. The maximum Gasteiger partial charge on any atom is 0.144 e. The largest absolute Gasteiger partial charge is 0.465 e. The summed E-state index contributed by atoms with van der Waals surface area (Å²) in [6, 6.07) is 3.99. The lowest BCUT2D eigenvalue weighted by molar-refractivity contribution is 0.282. The fraction of sp³-hybridized carbons (Fsp3) is 0.429. The second-order valence-electron chi connectivity index (χ2n) is 4.61. The van der Waals surface area contributed by atoms with Gasteiger partial charge in [0.05, 0.1) is 24.6 Å². The zero-order chi connectivity index (χ0) is 13.7. The van der Waals surface area contributed by atoms with Crippen LogP contribution in [0, 0.1) is 6.92 Å². The monoisotopic (exact) mass is 260 g/mol. The van der Waals surface area contributed by atoms with Gasteiger partial charge >= 0.3 is 0 Å². The van der Waals surface area contributed by atoms with Crippen LogP contribution in [0.3, 0.4) is 0 Å². The molecule has 0 aliphatic rings. The van der Waals surface area contributed by atoms with Crippen LogP contribution >= 0.6 is 0 Å². The Balaban J connectivity index is 1.89. The average Bonchev–Trinajstić information content (AvgIpc) is 2.77. The van der Waals surface area contributed by atoms with Crippen molar-refractivity contribution < 1.29 is 4.42 Å². The van der Waals surface area contributed by atoms with Crippen LogP contribution in [0.2, 0.25) is 0 Å². The quantitative estimate of drug-likeness (QED) is 0.864. The number of anilines is 1. The van der Waals surface area contributed by atoms with Crippen molar-refractivity contribution in [1.29, 1.82) is 0 Å². The van der Waals surface area contributed by atoms with Gasteiger partial charge in [-0.3, -0.25) is 9.88 Å². The zero-order valence-corrected chi connectivity index (χ0v) is 11.7. The number of aromatic nitrogens is 2. The lowest BCUT2D eigenvalue weighted by Gasteiger charge is -2.14. The minimum atomic E-state index is 0.749. The van der Waals surface area contributed by atoms with Crippen LogP contribution in [0.4, 0.5) is 5.82 Å². The second kappa shape index (κ2) is 6.33. The molecule has 5 heteroatoms. The smallest absolute Gasteiger partial charge is 0.144 e. The molecule has 0 amide bonds. The maximum absolute atomic E-state index is 5.56. The predicted octanol–water partition coefficient (Wildman–Crippen LogP) is 2.44. The van der Waals surface area contributed by atoms with E-state index in [4.69, 9.17) is 4.42 Å². The molecule has 0 aliphatic carbocycles. The van der Waals surface area contributed by atoms with Crippen molar-refractivity contribution >= 4 is 5.82 Å². The third-order valence-electron chi connectivity index (χ3n) is 2.72. The summed E-state index contributed by atoms with van der Waals surface area (Å²) in [5.41, 5.74) is 0.951. The van der Waals surface area contributed by atoms with Crippen molar-refractivity contribution in [3.63, 3.8) is 0 Å². The third-order valence-corrected chi connectivity index (χ3v) is 2.72. The van der Waals surface area contributed by atoms with E-state index in [2.05, 4.69) is 20.2 Å². The average molecular weight is 260 g/mol. The number of hydrogen-bond acceptors (Lipinski definition) is 5. The van der Waals surface area contributed by atoms with E-state index in [9.17, 15) is 0 Å². The van der Waals surface area contributed by atoms with E-state index in [1.807, 2.05) is 39.2 Å². The molecular formula is C14H20N4O. The highest BCUT2D eigenvalue weighted by atomic mass is 16.3. The summed E-state index contributed by atoms with van der Waals surface area (Å²) >= 11 is 0. The number of rotatable bonds is 6. The zero-order valence-electron chi connectivity index (χ0n) is 11.7. The molecule has 2 aromatic heterocycles. The van der Waals surface area contributed by atoms with Gasteiger partial charge in [-0.2, -0.15) is 0 Å². The molecule has 0 aromatic carbocycles. The first-order valence-corrected chi connectivity index (χ1v) is 6.46. The predicted molar refractivity (Wildman–Crippen MR) is 74.8 cm³/mol. The number of furan rings is 1. The van der Waals surface area contributed by atoms with Crippen molar-refractivity contribution in [2.45, 2.75) is 26.9 Å². The topological polar surface area (TPSA) is 54.2 Å². The molecule has 2 rings (SSSR count). The molecule has 0 aliphatic heterocycles. The summed E-state index contributed by atoms with van der Waals surface area (Å²) in [7, 11) is 2.04. The van der Waals surface area contributed by atoms with Crippen molar-refractivity contribution in [1.82, 2.24) is 14.9 Å². The highest BCUT2D eigenvalue weighted by Gasteiger charge is 2.06. The molecule has 1 N–H and O–H groups in total. The van der Waals surface area contributed by atoms with Crippen molar-refractivity contribution in [3.8, 4) is 0 Å². The first-order valence-electron chi connectivity index (χ1n) is 6.46.